The van der Waals surface area contributed by atoms with Crippen LogP contribution in [0.25, 0.3) is 0 Å². The molecule has 0 spiro atoms. The predicted octanol–water partition coefficient (Wildman–Crippen LogP) is 5.35. The summed E-state index contributed by atoms with van der Waals surface area (Å²) < 4.78 is 11.3. The van der Waals surface area contributed by atoms with E-state index < -0.39 is 11.9 Å². The van der Waals surface area contributed by atoms with Gasteiger partial charge in [0.25, 0.3) is 0 Å². The Kier molecular flexibility index (Phi) is 9.74. The van der Waals surface area contributed by atoms with Crippen LogP contribution in [-0.2, 0) is 22.4 Å². The van der Waals surface area contributed by atoms with Crippen molar-refractivity contribution in [3.05, 3.63) is 83.7 Å². The molecule has 0 saturated carbocycles. The molecule has 1 saturated heterocycles. The average Bonchev–Trinajstić information content (AvgIpc) is 3.62. The second-order valence-corrected chi connectivity index (χ2v) is 11.2. The zero-order valence-corrected chi connectivity index (χ0v) is 24.6. The molecule has 3 heterocycles. The number of likely N-dealkylation sites (tertiary alicyclic amines) is 1. The molecular weight excluding hydrogens is 530 g/mol. The first-order valence-electron chi connectivity index (χ1n) is 15.0. The molecule has 1 unspecified atom stereocenters. The van der Waals surface area contributed by atoms with Gasteiger partial charge in [-0.3, -0.25) is 19.5 Å². The highest BCUT2D eigenvalue weighted by Crippen LogP contribution is 2.41. The normalized spacial score (nSPS) is 19.7. The Bertz CT molecular complexity index is 1360. The molecule has 0 bridgehead atoms. The Balaban J connectivity index is 1.41. The molecule has 1 fully saturated rings. The van der Waals surface area contributed by atoms with Crippen molar-refractivity contribution in [1.29, 1.82) is 0 Å². The summed E-state index contributed by atoms with van der Waals surface area (Å²) >= 11 is 0. The summed E-state index contributed by atoms with van der Waals surface area (Å²) in [5.41, 5.74) is 4.01. The highest BCUT2D eigenvalue weighted by molar-refractivity contribution is 5.94. The van der Waals surface area contributed by atoms with Gasteiger partial charge in [-0.15, -0.1) is 0 Å². The molecule has 5 rings (SSSR count). The summed E-state index contributed by atoms with van der Waals surface area (Å²) in [6, 6.07) is 17.5. The minimum Gasteiger partial charge on any atom is -0.496 e. The highest BCUT2D eigenvalue weighted by atomic mass is 16.5. The zero-order valence-electron chi connectivity index (χ0n) is 24.6. The van der Waals surface area contributed by atoms with Gasteiger partial charge < -0.3 is 19.5 Å². The molecule has 0 radical (unpaired) electrons. The number of pyridine rings is 1. The summed E-state index contributed by atoms with van der Waals surface area (Å²) in [4.78, 5) is 35.0. The van der Waals surface area contributed by atoms with E-state index in [4.69, 9.17) is 9.47 Å². The van der Waals surface area contributed by atoms with E-state index in [0.29, 0.717) is 26.1 Å². The number of hydrogen-bond acceptors (Lipinski definition) is 6. The SMILES string of the molecule is CCCCN(C(=O)CN1C[C@H](c2ccc3c(c2)CCO3)C(C(=O)O)[C@@H]1CCCc1ccccc1OC)c1cccnc1. The molecule has 2 aliphatic rings. The van der Waals surface area contributed by atoms with E-state index in [1.807, 2.05) is 42.5 Å². The molecule has 1 aromatic heterocycles. The molecule has 3 aromatic rings. The molecule has 2 aromatic carbocycles. The van der Waals surface area contributed by atoms with Gasteiger partial charge in [0.1, 0.15) is 11.5 Å². The monoisotopic (exact) mass is 571 g/mol. The van der Waals surface area contributed by atoms with Crippen molar-refractivity contribution < 1.29 is 24.2 Å². The van der Waals surface area contributed by atoms with Crippen molar-refractivity contribution in [2.45, 2.75) is 57.4 Å². The number of para-hydroxylation sites is 1. The zero-order chi connectivity index (χ0) is 29.5. The van der Waals surface area contributed by atoms with Crippen LogP contribution in [0, 0.1) is 5.92 Å². The molecule has 3 atom stereocenters. The number of rotatable bonds is 13. The number of methoxy groups -OCH3 is 1. The van der Waals surface area contributed by atoms with Crippen molar-refractivity contribution in [3.8, 4) is 11.5 Å². The lowest BCUT2D eigenvalue weighted by Crippen LogP contribution is -2.44. The number of nitrogens with zero attached hydrogens (tertiary/aromatic N) is 3. The second kappa shape index (κ2) is 13.8. The molecule has 0 aliphatic carbocycles. The van der Waals surface area contributed by atoms with Gasteiger partial charge in [0.05, 0.1) is 38.1 Å². The molecular formula is C34H41N3O5. The standard InChI is InChI=1S/C34H41N3O5/c1-3-4-18-37(27-11-8-17-35-21-27)32(38)23-36-22-28(25-14-15-31-26(20-25)16-19-42-31)33(34(39)40)29(36)12-7-10-24-9-5-6-13-30(24)41-2/h5-6,8-9,11,13-15,17,20-21,28-29,33H,3-4,7,10,12,16,18-19,22-23H2,1-2H3,(H,39,40)/t28-,29+,33?/m1/s1. The quantitative estimate of drug-likeness (QED) is 0.296. The van der Waals surface area contributed by atoms with Crippen molar-refractivity contribution in [2.75, 3.05) is 38.3 Å². The number of carboxylic acid groups (broad SMARTS) is 1. The number of amides is 1. The largest absolute Gasteiger partial charge is 0.496 e. The fraction of sp³-hybridized carbons (Fsp3) is 0.441. The van der Waals surface area contributed by atoms with E-state index >= 15 is 0 Å². The van der Waals surface area contributed by atoms with Gasteiger partial charge in [0.2, 0.25) is 5.91 Å². The summed E-state index contributed by atoms with van der Waals surface area (Å²) in [5, 5.41) is 10.6. The third kappa shape index (κ3) is 6.59. The number of anilines is 1. The van der Waals surface area contributed by atoms with Gasteiger partial charge in [-0.25, -0.2) is 0 Å². The van der Waals surface area contributed by atoms with Gasteiger partial charge in [-0.2, -0.15) is 0 Å². The van der Waals surface area contributed by atoms with Crippen molar-refractivity contribution in [1.82, 2.24) is 9.88 Å². The Morgan fingerprint density at radius 1 is 1.14 bits per heavy atom. The first-order valence-corrected chi connectivity index (χ1v) is 15.0. The van der Waals surface area contributed by atoms with Crippen LogP contribution >= 0.6 is 0 Å². The van der Waals surface area contributed by atoms with E-state index in [0.717, 1.165) is 66.0 Å². The number of fused-ring (bicyclic) bond motifs is 1. The van der Waals surface area contributed by atoms with E-state index in [9.17, 15) is 14.7 Å². The van der Waals surface area contributed by atoms with Crippen LogP contribution in [0.3, 0.4) is 0 Å². The number of ether oxygens (including phenoxy) is 2. The molecule has 2 aliphatic heterocycles. The highest BCUT2D eigenvalue weighted by Gasteiger charge is 2.47. The fourth-order valence-electron chi connectivity index (χ4n) is 6.53. The maximum absolute atomic E-state index is 13.9. The van der Waals surface area contributed by atoms with Crippen LogP contribution in [0.4, 0.5) is 5.69 Å². The van der Waals surface area contributed by atoms with Crippen LogP contribution in [0.2, 0.25) is 0 Å². The molecule has 8 heteroatoms. The maximum Gasteiger partial charge on any atom is 0.308 e. The Morgan fingerprint density at radius 3 is 2.76 bits per heavy atom. The minimum absolute atomic E-state index is 0.0293. The Hall–Kier alpha value is -3.91. The van der Waals surface area contributed by atoms with Crippen molar-refractivity contribution in [3.63, 3.8) is 0 Å². The first kappa shape index (κ1) is 29.6. The lowest BCUT2D eigenvalue weighted by atomic mass is 9.83. The lowest BCUT2D eigenvalue weighted by molar-refractivity contribution is -0.143. The number of hydrogen-bond donors (Lipinski definition) is 1. The van der Waals surface area contributed by atoms with Crippen molar-refractivity contribution in [2.24, 2.45) is 5.92 Å². The molecule has 42 heavy (non-hydrogen) atoms. The lowest BCUT2D eigenvalue weighted by Gasteiger charge is -2.29. The first-order chi connectivity index (χ1) is 20.5. The smallest absolute Gasteiger partial charge is 0.308 e. The summed E-state index contributed by atoms with van der Waals surface area (Å²) in [6.07, 6.45) is 8.31. The Labute approximate surface area is 248 Å². The van der Waals surface area contributed by atoms with Crippen LogP contribution in [0.5, 0.6) is 11.5 Å². The number of unbranched alkanes of at least 4 members (excludes halogenated alkanes) is 1. The number of aliphatic carboxylic acids is 1. The van der Waals surface area contributed by atoms with Crippen LogP contribution < -0.4 is 14.4 Å². The summed E-state index contributed by atoms with van der Waals surface area (Å²) in [7, 11) is 1.67. The molecule has 1 N–H and O–H groups in total. The van der Waals surface area contributed by atoms with Gasteiger partial charge in [-0.1, -0.05) is 43.7 Å². The van der Waals surface area contributed by atoms with Gasteiger partial charge in [0.15, 0.2) is 0 Å². The number of aromatic nitrogens is 1. The number of carbonyl (C=O) groups excluding carboxylic acids is 1. The third-order valence-corrected chi connectivity index (χ3v) is 8.65. The summed E-state index contributed by atoms with van der Waals surface area (Å²) in [6.45, 7) is 4.03. The van der Waals surface area contributed by atoms with E-state index in [1.54, 1.807) is 24.4 Å². The molecule has 222 valence electrons. The van der Waals surface area contributed by atoms with E-state index in [1.165, 1.54) is 0 Å². The van der Waals surface area contributed by atoms with Crippen LogP contribution in [0.1, 0.15) is 55.2 Å². The topological polar surface area (TPSA) is 92.2 Å². The fourth-order valence-corrected chi connectivity index (χ4v) is 6.53. The second-order valence-electron chi connectivity index (χ2n) is 11.2. The van der Waals surface area contributed by atoms with Crippen molar-refractivity contribution >= 4 is 17.6 Å². The van der Waals surface area contributed by atoms with Crippen LogP contribution in [0.15, 0.2) is 67.0 Å². The predicted molar refractivity (Wildman–Crippen MR) is 162 cm³/mol. The summed E-state index contributed by atoms with van der Waals surface area (Å²) in [5.74, 6) is 0.0275. The van der Waals surface area contributed by atoms with Gasteiger partial charge >= 0.3 is 5.97 Å². The van der Waals surface area contributed by atoms with Gasteiger partial charge in [-0.05, 0) is 66.6 Å². The van der Waals surface area contributed by atoms with Crippen LogP contribution in [-0.4, -0.2) is 66.3 Å². The number of carbonyl (C=O) groups is 2. The maximum atomic E-state index is 13.9. The van der Waals surface area contributed by atoms with Gasteiger partial charge in [0, 0.05) is 37.7 Å². The molecule has 1 amide bonds. The molecule has 8 nitrogen and oxygen atoms in total. The minimum atomic E-state index is -0.816. The van der Waals surface area contributed by atoms with E-state index in [2.05, 4.69) is 28.9 Å². The average molecular weight is 572 g/mol. The van der Waals surface area contributed by atoms with E-state index in [-0.39, 0.29) is 24.4 Å². The number of aryl methyl sites for hydroxylation is 1. The number of carboxylic acids is 1. The Morgan fingerprint density at radius 2 is 2.00 bits per heavy atom. The third-order valence-electron chi connectivity index (χ3n) is 8.65. The number of benzene rings is 2.